The van der Waals surface area contributed by atoms with Crippen molar-refractivity contribution in [3.05, 3.63) is 36.0 Å². The largest absolute Gasteiger partial charge is 0.357 e. The van der Waals surface area contributed by atoms with Crippen LogP contribution in [0, 0.1) is 6.92 Å². The lowest BCUT2D eigenvalue weighted by molar-refractivity contribution is 1.12. The summed E-state index contributed by atoms with van der Waals surface area (Å²) in [5.74, 6) is 1.44. The summed E-state index contributed by atoms with van der Waals surface area (Å²) in [7, 11) is 1.81. The van der Waals surface area contributed by atoms with Crippen molar-refractivity contribution < 1.29 is 0 Å². The van der Waals surface area contributed by atoms with Crippen molar-refractivity contribution in [3.63, 3.8) is 0 Å². The van der Waals surface area contributed by atoms with Crippen molar-refractivity contribution >= 4 is 29.2 Å². The predicted molar refractivity (Wildman–Crippen MR) is 77.8 cm³/mol. The second-order valence-corrected chi connectivity index (χ2v) is 4.71. The van der Waals surface area contributed by atoms with E-state index in [0.29, 0.717) is 5.95 Å². The number of rotatable bonds is 4. The van der Waals surface area contributed by atoms with Gasteiger partial charge in [-0.1, -0.05) is 0 Å². The summed E-state index contributed by atoms with van der Waals surface area (Å²) in [6, 6.07) is 8.27. The van der Waals surface area contributed by atoms with Crippen molar-refractivity contribution in [1.82, 2.24) is 9.97 Å². The fraction of sp³-hybridized carbons (Fsp3) is 0.231. The minimum atomic E-state index is 0.615. The smallest absolute Gasteiger partial charge is 0.224 e. The number of aryl methyl sites for hydroxylation is 1. The molecule has 0 aliphatic heterocycles. The summed E-state index contributed by atoms with van der Waals surface area (Å²) < 4.78 is 0. The Morgan fingerprint density at radius 1 is 1.17 bits per heavy atom. The van der Waals surface area contributed by atoms with E-state index in [0.717, 1.165) is 17.1 Å². The SMILES string of the molecule is CNc1ncc(C)c(Nc2ccc(SC)cc2)n1. The fourth-order valence-electron chi connectivity index (χ4n) is 1.50. The van der Waals surface area contributed by atoms with E-state index < -0.39 is 0 Å². The van der Waals surface area contributed by atoms with E-state index in [-0.39, 0.29) is 0 Å². The van der Waals surface area contributed by atoms with Crippen LogP contribution in [-0.4, -0.2) is 23.3 Å². The molecule has 0 aliphatic carbocycles. The number of aromatic nitrogens is 2. The van der Waals surface area contributed by atoms with Crippen molar-refractivity contribution in [1.29, 1.82) is 0 Å². The van der Waals surface area contributed by atoms with Crippen LogP contribution in [0.1, 0.15) is 5.56 Å². The van der Waals surface area contributed by atoms with Crippen LogP contribution < -0.4 is 10.6 Å². The molecule has 0 aliphatic rings. The van der Waals surface area contributed by atoms with Crippen molar-refractivity contribution in [2.75, 3.05) is 23.9 Å². The molecule has 0 atom stereocenters. The number of hydrogen-bond acceptors (Lipinski definition) is 5. The Bertz CT molecular complexity index is 525. The highest BCUT2D eigenvalue weighted by Gasteiger charge is 2.03. The molecule has 2 rings (SSSR count). The van der Waals surface area contributed by atoms with Gasteiger partial charge >= 0.3 is 0 Å². The lowest BCUT2D eigenvalue weighted by Gasteiger charge is -2.10. The third-order valence-electron chi connectivity index (χ3n) is 2.55. The molecule has 0 spiro atoms. The summed E-state index contributed by atoms with van der Waals surface area (Å²) in [4.78, 5) is 9.80. The molecule has 2 N–H and O–H groups in total. The molecule has 1 aromatic carbocycles. The third-order valence-corrected chi connectivity index (χ3v) is 3.29. The topological polar surface area (TPSA) is 49.8 Å². The van der Waals surface area contributed by atoms with E-state index in [4.69, 9.17) is 0 Å². The molecule has 0 saturated carbocycles. The van der Waals surface area contributed by atoms with Gasteiger partial charge in [0.1, 0.15) is 5.82 Å². The van der Waals surface area contributed by atoms with Gasteiger partial charge in [-0.2, -0.15) is 4.98 Å². The fourth-order valence-corrected chi connectivity index (χ4v) is 1.91. The molecule has 4 nitrogen and oxygen atoms in total. The number of nitrogens with zero attached hydrogens (tertiary/aromatic N) is 2. The van der Waals surface area contributed by atoms with Crippen LogP contribution in [0.4, 0.5) is 17.5 Å². The first kappa shape index (κ1) is 12.7. The lowest BCUT2D eigenvalue weighted by Crippen LogP contribution is -2.02. The molecule has 0 bridgehead atoms. The normalized spacial score (nSPS) is 10.2. The second kappa shape index (κ2) is 5.73. The van der Waals surface area contributed by atoms with Crippen LogP contribution in [0.15, 0.2) is 35.4 Å². The Balaban J connectivity index is 2.21. The van der Waals surface area contributed by atoms with Gasteiger partial charge in [-0.05, 0) is 37.4 Å². The van der Waals surface area contributed by atoms with E-state index in [2.05, 4.69) is 39.0 Å². The van der Waals surface area contributed by atoms with Gasteiger partial charge in [0.25, 0.3) is 0 Å². The van der Waals surface area contributed by atoms with Gasteiger partial charge in [0.2, 0.25) is 5.95 Å². The minimum absolute atomic E-state index is 0.615. The Hall–Kier alpha value is -1.75. The molecule has 1 aromatic heterocycles. The summed E-state index contributed by atoms with van der Waals surface area (Å²) in [5, 5.41) is 6.23. The summed E-state index contributed by atoms with van der Waals surface area (Å²) in [5.41, 5.74) is 2.04. The molecule has 0 saturated heterocycles. The molecular weight excluding hydrogens is 244 g/mol. The van der Waals surface area contributed by atoms with Crippen LogP contribution in [0.25, 0.3) is 0 Å². The molecule has 0 radical (unpaired) electrons. The molecule has 0 fully saturated rings. The average molecular weight is 260 g/mol. The van der Waals surface area contributed by atoms with Crippen molar-refractivity contribution in [2.45, 2.75) is 11.8 Å². The van der Waals surface area contributed by atoms with Crippen LogP contribution in [0.5, 0.6) is 0 Å². The van der Waals surface area contributed by atoms with Crippen LogP contribution in [0.3, 0.4) is 0 Å². The third kappa shape index (κ3) is 2.92. The minimum Gasteiger partial charge on any atom is -0.357 e. The van der Waals surface area contributed by atoms with Crippen molar-refractivity contribution in [2.24, 2.45) is 0 Å². The summed E-state index contributed by atoms with van der Waals surface area (Å²) >= 11 is 1.73. The highest BCUT2D eigenvalue weighted by molar-refractivity contribution is 7.98. The summed E-state index contributed by atoms with van der Waals surface area (Å²) in [6.07, 6.45) is 3.87. The van der Waals surface area contributed by atoms with E-state index >= 15 is 0 Å². The Morgan fingerprint density at radius 3 is 2.50 bits per heavy atom. The zero-order chi connectivity index (χ0) is 13.0. The Kier molecular flexibility index (Phi) is 4.04. The highest BCUT2D eigenvalue weighted by Crippen LogP contribution is 2.22. The number of thioether (sulfide) groups is 1. The first-order valence-corrected chi connectivity index (χ1v) is 6.88. The van der Waals surface area contributed by atoms with Crippen LogP contribution in [0.2, 0.25) is 0 Å². The maximum Gasteiger partial charge on any atom is 0.224 e. The number of benzene rings is 1. The van der Waals surface area contributed by atoms with E-state index in [1.165, 1.54) is 4.90 Å². The standard InChI is InChI=1S/C13H16N4S/c1-9-8-15-13(14-2)17-12(9)16-10-4-6-11(18-3)7-5-10/h4-8H,1-3H3,(H2,14,15,16,17). The van der Waals surface area contributed by atoms with Gasteiger partial charge < -0.3 is 10.6 Å². The molecule has 5 heteroatoms. The van der Waals surface area contributed by atoms with Gasteiger partial charge in [-0.3, -0.25) is 0 Å². The van der Waals surface area contributed by atoms with Gasteiger partial charge in [0.15, 0.2) is 0 Å². The average Bonchev–Trinajstić information content (AvgIpc) is 2.42. The van der Waals surface area contributed by atoms with E-state index in [1.807, 2.05) is 26.1 Å². The Labute approximate surface area is 111 Å². The number of anilines is 3. The molecule has 94 valence electrons. The molecule has 1 heterocycles. The second-order valence-electron chi connectivity index (χ2n) is 3.83. The van der Waals surface area contributed by atoms with E-state index in [9.17, 15) is 0 Å². The van der Waals surface area contributed by atoms with Gasteiger partial charge in [-0.15, -0.1) is 11.8 Å². The number of nitrogens with one attached hydrogen (secondary N) is 2. The quantitative estimate of drug-likeness (QED) is 0.826. The number of hydrogen-bond donors (Lipinski definition) is 2. The zero-order valence-electron chi connectivity index (χ0n) is 10.7. The zero-order valence-corrected chi connectivity index (χ0v) is 11.5. The van der Waals surface area contributed by atoms with Gasteiger partial charge in [-0.25, -0.2) is 4.98 Å². The van der Waals surface area contributed by atoms with E-state index in [1.54, 1.807) is 18.0 Å². The molecule has 18 heavy (non-hydrogen) atoms. The highest BCUT2D eigenvalue weighted by atomic mass is 32.2. The molecular formula is C13H16N4S. The maximum atomic E-state index is 4.39. The van der Waals surface area contributed by atoms with Gasteiger partial charge in [0, 0.05) is 29.4 Å². The van der Waals surface area contributed by atoms with Crippen LogP contribution >= 0.6 is 11.8 Å². The first-order chi connectivity index (χ1) is 8.72. The first-order valence-electron chi connectivity index (χ1n) is 5.65. The molecule has 2 aromatic rings. The van der Waals surface area contributed by atoms with Crippen LogP contribution in [-0.2, 0) is 0 Å². The predicted octanol–water partition coefficient (Wildman–Crippen LogP) is 3.29. The molecule has 0 unspecified atom stereocenters. The molecule has 0 amide bonds. The Morgan fingerprint density at radius 2 is 1.89 bits per heavy atom. The van der Waals surface area contributed by atoms with Gasteiger partial charge in [0.05, 0.1) is 0 Å². The van der Waals surface area contributed by atoms with Crippen molar-refractivity contribution in [3.8, 4) is 0 Å². The lowest BCUT2D eigenvalue weighted by atomic mass is 10.3. The monoisotopic (exact) mass is 260 g/mol. The summed E-state index contributed by atoms with van der Waals surface area (Å²) in [6.45, 7) is 1.98. The maximum absolute atomic E-state index is 4.39.